The highest BCUT2D eigenvalue weighted by molar-refractivity contribution is 7.91. The molecule has 1 saturated heterocycles. The van der Waals surface area contributed by atoms with Gasteiger partial charge in [-0.05, 0) is 44.2 Å². The van der Waals surface area contributed by atoms with E-state index in [0.717, 1.165) is 32.4 Å². The first-order valence-electron chi connectivity index (χ1n) is 5.91. The second-order valence-electron chi connectivity index (χ2n) is 4.99. The van der Waals surface area contributed by atoms with Crippen LogP contribution >= 0.6 is 0 Å². The maximum atomic E-state index is 11.7. The second-order valence-corrected chi connectivity index (χ2v) is 7.22. The van der Waals surface area contributed by atoms with Gasteiger partial charge in [-0.25, -0.2) is 8.42 Å². The van der Waals surface area contributed by atoms with E-state index in [4.69, 9.17) is 0 Å². The van der Waals surface area contributed by atoms with Gasteiger partial charge in [0.25, 0.3) is 0 Å². The van der Waals surface area contributed by atoms with Gasteiger partial charge in [0.15, 0.2) is 9.84 Å². The highest BCUT2D eigenvalue weighted by atomic mass is 32.2. The average molecular weight is 233 g/mol. The van der Waals surface area contributed by atoms with Crippen molar-refractivity contribution in [1.82, 2.24) is 5.32 Å². The van der Waals surface area contributed by atoms with E-state index in [-0.39, 0.29) is 5.92 Å². The van der Waals surface area contributed by atoms with Crippen molar-refractivity contribution in [1.29, 1.82) is 0 Å². The number of hydrogen-bond acceptors (Lipinski definition) is 3. The van der Waals surface area contributed by atoms with E-state index in [1.165, 1.54) is 0 Å². The minimum atomic E-state index is -2.80. The minimum Gasteiger partial charge on any atom is -0.317 e. The zero-order valence-electron chi connectivity index (χ0n) is 9.83. The van der Waals surface area contributed by atoms with Crippen molar-refractivity contribution in [2.75, 3.05) is 24.6 Å². The van der Waals surface area contributed by atoms with E-state index in [1.54, 1.807) is 0 Å². The summed E-state index contributed by atoms with van der Waals surface area (Å²) in [6, 6.07) is 0. The van der Waals surface area contributed by atoms with Gasteiger partial charge in [-0.3, -0.25) is 0 Å². The summed E-state index contributed by atoms with van der Waals surface area (Å²) in [7, 11) is -2.80. The topological polar surface area (TPSA) is 46.2 Å². The molecule has 0 amide bonds. The SMILES string of the molecule is CC(C)CS(=O)(=O)CCC1CCNCC1. The molecule has 0 atom stereocenters. The lowest BCUT2D eigenvalue weighted by molar-refractivity contribution is 0.365. The van der Waals surface area contributed by atoms with Crippen LogP contribution in [0.25, 0.3) is 0 Å². The number of piperidine rings is 1. The van der Waals surface area contributed by atoms with Crippen molar-refractivity contribution in [3.05, 3.63) is 0 Å². The van der Waals surface area contributed by atoms with Gasteiger partial charge in [-0.15, -0.1) is 0 Å². The summed E-state index contributed by atoms with van der Waals surface area (Å²) in [5, 5.41) is 3.29. The maximum absolute atomic E-state index is 11.7. The van der Waals surface area contributed by atoms with Gasteiger partial charge in [0.2, 0.25) is 0 Å². The largest absolute Gasteiger partial charge is 0.317 e. The summed E-state index contributed by atoms with van der Waals surface area (Å²) in [5.41, 5.74) is 0. The molecule has 0 radical (unpaired) electrons. The van der Waals surface area contributed by atoms with Crippen LogP contribution in [0.4, 0.5) is 0 Å². The van der Waals surface area contributed by atoms with Crippen molar-refractivity contribution in [3.63, 3.8) is 0 Å². The number of nitrogens with one attached hydrogen (secondary N) is 1. The van der Waals surface area contributed by atoms with E-state index in [2.05, 4.69) is 5.32 Å². The number of hydrogen-bond donors (Lipinski definition) is 1. The van der Waals surface area contributed by atoms with E-state index in [1.807, 2.05) is 13.8 Å². The molecule has 1 N–H and O–H groups in total. The average Bonchev–Trinajstić information content (AvgIpc) is 2.15. The first-order chi connectivity index (χ1) is 6.99. The third-order valence-corrected chi connectivity index (χ3v) is 4.92. The van der Waals surface area contributed by atoms with Crippen molar-refractivity contribution in [2.24, 2.45) is 11.8 Å². The van der Waals surface area contributed by atoms with Crippen molar-refractivity contribution in [3.8, 4) is 0 Å². The van der Waals surface area contributed by atoms with Crippen LogP contribution in [0, 0.1) is 11.8 Å². The summed E-state index contributed by atoms with van der Waals surface area (Å²) in [4.78, 5) is 0. The third-order valence-electron chi connectivity index (χ3n) is 2.88. The number of sulfone groups is 1. The normalized spacial score (nSPS) is 19.7. The molecule has 1 heterocycles. The Bertz CT molecular complexity index is 266. The molecule has 0 unspecified atom stereocenters. The van der Waals surface area contributed by atoms with Crippen molar-refractivity contribution < 1.29 is 8.42 Å². The van der Waals surface area contributed by atoms with Crippen LogP contribution in [0.1, 0.15) is 33.1 Å². The molecule has 0 aromatic heterocycles. The predicted octanol–water partition coefficient (Wildman–Crippen LogP) is 1.45. The standard InChI is InChI=1S/C11H23NO2S/c1-10(2)9-15(13,14)8-5-11-3-6-12-7-4-11/h10-12H,3-9H2,1-2H3. The van der Waals surface area contributed by atoms with E-state index >= 15 is 0 Å². The first kappa shape index (κ1) is 13.0. The molecule has 0 bridgehead atoms. The lowest BCUT2D eigenvalue weighted by Crippen LogP contribution is -2.29. The smallest absolute Gasteiger partial charge is 0.150 e. The first-order valence-corrected chi connectivity index (χ1v) is 7.73. The summed E-state index contributed by atoms with van der Waals surface area (Å²) in [6.07, 6.45) is 3.13. The van der Waals surface area contributed by atoms with Crippen molar-refractivity contribution >= 4 is 9.84 Å². The summed E-state index contributed by atoms with van der Waals surface area (Å²) < 4.78 is 23.3. The van der Waals surface area contributed by atoms with Gasteiger partial charge in [0.1, 0.15) is 0 Å². The van der Waals surface area contributed by atoms with Crippen LogP contribution in [-0.4, -0.2) is 33.0 Å². The van der Waals surface area contributed by atoms with Crippen molar-refractivity contribution in [2.45, 2.75) is 33.1 Å². The molecular formula is C11H23NO2S. The van der Waals surface area contributed by atoms with E-state index in [0.29, 0.717) is 17.4 Å². The molecular weight excluding hydrogens is 210 g/mol. The summed E-state index contributed by atoms with van der Waals surface area (Å²) >= 11 is 0. The molecule has 0 saturated carbocycles. The van der Waals surface area contributed by atoms with Gasteiger partial charge in [0, 0.05) is 0 Å². The Hall–Kier alpha value is -0.0900. The van der Waals surface area contributed by atoms with Gasteiger partial charge in [-0.1, -0.05) is 13.8 Å². The summed E-state index contributed by atoms with van der Waals surface area (Å²) in [6.45, 7) is 6.02. The van der Waals surface area contributed by atoms with Gasteiger partial charge in [0.05, 0.1) is 11.5 Å². The maximum Gasteiger partial charge on any atom is 0.150 e. The van der Waals surface area contributed by atoms with Crippen LogP contribution in [0.15, 0.2) is 0 Å². The molecule has 90 valence electrons. The van der Waals surface area contributed by atoms with Gasteiger partial charge < -0.3 is 5.32 Å². The Morgan fingerprint density at radius 1 is 1.27 bits per heavy atom. The zero-order chi connectivity index (χ0) is 11.3. The fraction of sp³-hybridized carbons (Fsp3) is 1.00. The van der Waals surface area contributed by atoms with Crippen LogP contribution in [0.3, 0.4) is 0 Å². The minimum absolute atomic E-state index is 0.253. The lowest BCUT2D eigenvalue weighted by Gasteiger charge is -2.22. The molecule has 0 aromatic carbocycles. The van der Waals surface area contributed by atoms with E-state index < -0.39 is 9.84 Å². The number of rotatable bonds is 5. The molecule has 3 nitrogen and oxygen atoms in total. The van der Waals surface area contributed by atoms with Crippen LogP contribution in [-0.2, 0) is 9.84 Å². The quantitative estimate of drug-likeness (QED) is 0.782. The predicted molar refractivity (Wildman–Crippen MR) is 63.7 cm³/mol. The highest BCUT2D eigenvalue weighted by Gasteiger charge is 2.18. The monoisotopic (exact) mass is 233 g/mol. The fourth-order valence-corrected chi connectivity index (χ4v) is 3.98. The lowest BCUT2D eigenvalue weighted by atomic mass is 9.96. The van der Waals surface area contributed by atoms with E-state index in [9.17, 15) is 8.42 Å². The molecule has 1 fully saturated rings. The van der Waals surface area contributed by atoms with Crippen LogP contribution in [0.2, 0.25) is 0 Å². The Morgan fingerprint density at radius 3 is 2.40 bits per heavy atom. The Balaban J connectivity index is 2.28. The van der Waals surface area contributed by atoms with Gasteiger partial charge in [-0.2, -0.15) is 0 Å². The van der Waals surface area contributed by atoms with Crippen LogP contribution < -0.4 is 5.32 Å². The summed E-state index contributed by atoms with van der Waals surface area (Å²) in [5.74, 6) is 1.60. The fourth-order valence-electron chi connectivity index (χ4n) is 2.11. The highest BCUT2D eigenvalue weighted by Crippen LogP contribution is 2.17. The Morgan fingerprint density at radius 2 is 1.87 bits per heavy atom. The molecule has 1 rings (SSSR count). The Labute approximate surface area is 93.6 Å². The molecule has 0 aliphatic carbocycles. The molecule has 1 aliphatic rings. The molecule has 0 aromatic rings. The second kappa shape index (κ2) is 5.85. The molecule has 0 spiro atoms. The van der Waals surface area contributed by atoms with Crippen LogP contribution in [0.5, 0.6) is 0 Å². The third kappa shape index (κ3) is 5.52. The molecule has 15 heavy (non-hydrogen) atoms. The molecule has 4 heteroatoms. The van der Waals surface area contributed by atoms with Gasteiger partial charge >= 0.3 is 0 Å². The Kier molecular flexibility index (Phi) is 5.06. The molecule has 1 aliphatic heterocycles. The zero-order valence-corrected chi connectivity index (χ0v) is 10.6.